The van der Waals surface area contributed by atoms with Crippen molar-refractivity contribution in [3.63, 3.8) is 0 Å². The van der Waals surface area contributed by atoms with Gasteiger partial charge in [-0.25, -0.2) is 0 Å². The molecule has 3 N–H and O–H groups in total. The molecular weight excluding hydrogens is 250 g/mol. The Balaban J connectivity index is 1.83. The Morgan fingerprint density at radius 1 is 1.50 bits per heavy atom. The number of hydrogen-bond acceptors (Lipinski definition) is 2. The minimum absolute atomic E-state index is 0.371. The molecule has 1 fully saturated rings. The van der Waals surface area contributed by atoms with Gasteiger partial charge in [-0.3, -0.25) is 4.99 Å². The van der Waals surface area contributed by atoms with Crippen LogP contribution in [-0.2, 0) is 4.74 Å². The summed E-state index contributed by atoms with van der Waals surface area (Å²) in [6.45, 7) is 5.97. The molecule has 1 heterocycles. The number of ether oxygens (including phenoxy) is 1. The zero-order valence-electron chi connectivity index (χ0n) is 12.4. The summed E-state index contributed by atoms with van der Waals surface area (Å²) >= 11 is 0. The largest absolute Gasteiger partial charge is 0.378 e. The molecule has 0 amide bonds. The summed E-state index contributed by atoms with van der Waals surface area (Å²) in [6, 6.07) is 8.29. The van der Waals surface area contributed by atoms with E-state index in [0.717, 1.165) is 25.1 Å². The van der Waals surface area contributed by atoms with Crippen LogP contribution in [-0.4, -0.2) is 25.2 Å². The van der Waals surface area contributed by atoms with Crippen LogP contribution in [0.3, 0.4) is 0 Å². The summed E-state index contributed by atoms with van der Waals surface area (Å²) in [6.07, 6.45) is 3.65. The zero-order chi connectivity index (χ0) is 14.4. The van der Waals surface area contributed by atoms with Gasteiger partial charge < -0.3 is 15.8 Å². The maximum absolute atomic E-state index is 5.91. The third kappa shape index (κ3) is 4.53. The topological polar surface area (TPSA) is 59.6 Å². The maximum Gasteiger partial charge on any atom is 0.193 e. The molecule has 4 nitrogen and oxygen atoms in total. The second-order valence-electron chi connectivity index (χ2n) is 5.60. The van der Waals surface area contributed by atoms with Gasteiger partial charge in [0.05, 0.1) is 6.10 Å². The molecule has 0 bridgehead atoms. The van der Waals surface area contributed by atoms with Gasteiger partial charge in [0, 0.05) is 18.8 Å². The summed E-state index contributed by atoms with van der Waals surface area (Å²) in [5.74, 6) is 0.985. The van der Waals surface area contributed by atoms with E-state index in [1.54, 1.807) is 0 Å². The van der Waals surface area contributed by atoms with Gasteiger partial charge in [-0.05, 0) is 42.9 Å². The van der Waals surface area contributed by atoms with Crippen molar-refractivity contribution in [2.75, 3.05) is 18.5 Å². The van der Waals surface area contributed by atoms with E-state index in [0.29, 0.717) is 24.5 Å². The lowest BCUT2D eigenvalue weighted by Gasteiger charge is -2.10. The Bertz CT molecular complexity index is 451. The summed E-state index contributed by atoms with van der Waals surface area (Å²) in [5.41, 5.74) is 8.20. The van der Waals surface area contributed by atoms with Gasteiger partial charge >= 0.3 is 0 Å². The predicted octanol–water partition coefficient (Wildman–Crippen LogP) is 3.11. The Morgan fingerprint density at radius 3 is 3.05 bits per heavy atom. The highest BCUT2D eigenvalue weighted by Crippen LogP contribution is 2.18. The van der Waals surface area contributed by atoms with Crippen LogP contribution in [0.2, 0.25) is 0 Å². The van der Waals surface area contributed by atoms with E-state index >= 15 is 0 Å². The van der Waals surface area contributed by atoms with Crippen LogP contribution in [0, 0.1) is 0 Å². The number of nitrogens with zero attached hydrogens (tertiary/aromatic N) is 1. The molecule has 20 heavy (non-hydrogen) atoms. The molecule has 0 radical (unpaired) electrons. The Kier molecular flexibility index (Phi) is 5.41. The maximum atomic E-state index is 5.91. The number of nitrogens with one attached hydrogen (secondary N) is 1. The highest BCUT2D eigenvalue weighted by molar-refractivity contribution is 5.92. The van der Waals surface area contributed by atoms with Gasteiger partial charge in [0.15, 0.2) is 5.96 Å². The fourth-order valence-corrected chi connectivity index (χ4v) is 2.36. The van der Waals surface area contributed by atoms with Crippen molar-refractivity contribution in [1.82, 2.24) is 0 Å². The van der Waals surface area contributed by atoms with Crippen molar-refractivity contribution in [2.45, 2.75) is 45.1 Å². The lowest BCUT2D eigenvalue weighted by Crippen LogP contribution is -2.23. The molecule has 0 spiro atoms. The number of guanidine groups is 1. The van der Waals surface area contributed by atoms with Crippen LogP contribution in [0.5, 0.6) is 0 Å². The van der Waals surface area contributed by atoms with Crippen molar-refractivity contribution in [2.24, 2.45) is 10.7 Å². The molecular formula is C16H25N3O. The first kappa shape index (κ1) is 14.9. The molecule has 1 atom stereocenters. The van der Waals surface area contributed by atoms with E-state index in [4.69, 9.17) is 10.5 Å². The second kappa shape index (κ2) is 7.29. The highest BCUT2D eigenvalue weighted by atomic mass is 16.5. The van der Waals surface area contributed by atoms with Crippen molar-refractivity contribution in [3.05, 3.63) is 29.8 Å². The molecule has 0 aromatic heterocycles. The molecule has 2 rings (SSSR count). The van der Waals surface area contributed by atoms with Crippen LogP contribution >= 0.6 is 0 Å². The molecule has 1 aromatic carbocycles. The van der Waals surface area contributed by atoms with Gasteiger partial charge in [0.2, 0.25) is 0 Å². The van der Waals surface area contributed by atoms with Crippen LogP contribution < -0.4 is 11.1 Å². The smallest absolute Gasteiger partial charge is 0.193 e. The number of hydrogen-bond donors (Lipinski definition) is 2. The number of rotatable bonds is 5. The monoisotopic (exact) mass is 275 g/mol. The van der Waals surface area contributed by atoms with Crippen LogP contribution in [0.1, 0.15) is 44.6 Å². The standard InChI is InChI=1S/C16H25N3O/c1-12(2)13-5-3-6-14(11-13)19-16(17)18-9-8-15-7-4-10-20-15/h3,5-6,11-12,15H,4,7-10H2,1-2H3,(H3,17,18,19). The Hall–Kier alpha value is -1.55. The molecule has 110 valence electrons. The van der Waals surface area contributed by atoms with E-state index in [-0.39, 0.29) is 0 Å². The van der Waals surface area contributed by atoms with Crippen LogP contribution in [0.25, 0.3) is 0 Å². The van der Waals surface area contributed by atoms with Gasteiger partial charge in [-0.15, -0.1) is 0 Å². The first-order valence-corrected chi connectivity index (χ1v) is 7.43. The SMILES string of the molecule is CC(C)c1cccc(NC(N)=NCCC2CCCO2)c1. The molecule has 0 saturated carbocycles. The van der Waals surface area contributed by atoms with Gasteiger partial charge in [-0.2, -0.15) is 0 Å². The number of nitrogens with two attached hydrogens (primary N) is 1. The van der Waals surface area contributed by atoms with E-state index in [2.05, 4.69) is 36.3 Å². The van der Waals surface area contributed by atoms with E-state index in [1.165, 1.54) is 12.0 Å². The third-order valence-electron chi connectivity index (χ3n) is 3.58. The average molecular weight is 275 g/mol. The van der Waals surface area contributed by atoms with Crippen molar-refractivity contribution < 1.29 is 4.74 Å². The Morgan fingerprint density at radius 2 is 2.35 bits per heavy atom. The number of aliphatic imine (C=N–C) groups is 1. The fraction of sp³-hybridized carbons (Fsp3) is 0.562. The molecule has 1 saturated heterocycles. The highest BCUT2D eigenvalue weighted by Gasteiger charge is 2.14. The molecule has 0 aliphatic carbocycles. The number of anilines is 1. The minimum atomic E-state index is 0.371. The summed E-state index contributed by atoms with van der Waals surface area (Å²) < 4.78 is 5.56. The summed E-state index contributed by atoms with van der Waals surface area (Å²) in [4.78, 5) is 4.36. The zero-order valence-corrected chi connectivity index (χ0v) is 12.4. The normalized spacial score (nSPS) is 19.6. The Labute approximate surface area is 121 Å². The number of benzene rings is 1. The fourth-order valence-electron chi connectivity index (χ4n) is 2.36. The summed E-state index contributed by atoms with van der Waals surface area (Å²) in [7, 11) is 0. The van der Waals surface area contributed by atoms with E-state index in [1.807, 2.05) is 12.1 Å². The van der Waals surface area contributed by atoms with Gasteiger partial charge in [0.25, 0.3) is 0 Å². The second-order valence-corrected chi connectivity index (χ2v) is 5.60. The lowest BCUT2D eigenvalue weighted by molar-refractivity contribution is 0.106. The first-order chi connectivity index (χ1) is 9.65. The molecule has 1 unspecified atom stereocenters. The van der Waals surface area contributed by atoms with Gasteiger partial charge in [0.1, 0.15) is 0 Å². The van der Waals surface area contributed by atoms with Crippen molar-refractivity contribution in [1.29, 1.82) is 0 Å². The minimum Gasteiger partial charge on any atom is -0.378 e. The first-order valence-electron chi connectivity index (χ1n) is 7.43. The van der Waals surface area contributed by atoms with E-state index in [9.17, 15) is 0 Å². The third-order valence-corrected chi connectivity index (χ3v) is 3.58. The van der Waals surface area contributed by atoms with Crippen LogP contribution in [0.4, 0.5) is 5.69 Å². The molecule has 4 heteroatoms. The van der Waals surface area contributed by atoms with Crippen molar-refractivity contribution >= 4 is 11.6 Å². The predicted molar refractivity (Wildman–Crippen MR) is 84.2 cm³/mol. The molecule has 1 aromatic rings. The quantitative estimate of drug-likeness (QED) is 0.641. The van der Waals surface area contributed by atoms with Gasteiger partial charge in [-0.1, -0.05) is 26.0 Å². The van der Waals surface area contributed by atoms with Crippen molar-refractivity contribution in [3.8, 4) is 0 Å². The molecule has 1 aliphatic heterocycles. The van der Waals surface area contributed by atoms with Crippen LogP contribution in [0.15, 0.2) is 29.3 Å². The molecule has 1 aliphatic rings. The van der Waals surface area contributed by atoms with E-state index < -0.39 is 0 Å². The lowest BCUT2D eigenvalue weighted by atomic mass is 10.0. The summed E-state index contributed by atoms with van der Waals surface area (Å²) in [5, 5.41) is 3.15. The average Bonchev–Trinajstić information content (AvgIpc) is 2.92.